The van der Waals surface area contributed by atoms with Crippen LogP contribution in [0.5, 0.6) is 0 Å². The Morgan fingerprint density at radius 1 is 1.12 bits per heavy atom. The molecule has 2 aliphatic rings. The minimum absolute atomic E-state index is 0.289. The minimum atomic E-state index is -0.289. The van der Waals surface area contributed by atoms with Gasteiger partial charge >= 0.3 is 0 Å². The highest BCUT2D eigenvalue weighted by molar-refractivity contribution is 5.88. The van der Waals surface area contributed by atoms with Crippen molar-refractivity contribution in [1.29, 1.82) is 0 Å². The molecule has 1 aromatic carbocycles. The van der Waals surface area contributed by atoms with Crippen molar-refractivity contribution in [1.82, 2.24) is 20.4 Å². The number of piperidine rings is 1. The monoisotopic (exact) mass is 439 g/mol. The summed E-state index contributed by atoms with van der Waals surface area (Å²) >= 11 is 0. The molecule has 3 aromatic rings. The molecule has 2 aromatic heterocycles. The van der Waals surface area contributed by atoms with Crippen molar-refractivity contribution in [2.45, 2.75) is 58.0 Å². The fourth-order valence-electron chi connectivity index (χ4n) is 4.77. The Morgan fingerprint density at radius 2 is 1.97 bits per heavy atom. The first kappa shape index (κ1) is 21.3. The van der Waals surface area contributed by atoms with Crippen LogP contribution in [0.4, 0.5) is 10.2 Å². The maximum Gasteiger partial charge on any atom is 0.261 e. The van der Waals surface area contributed by atoms with E-state index in [0.29, 0.717) is 35.1 Å². The van der Waals surface area contributed by atoms with Gasteiger partial charge in [-0.3, -0.25) is 0 Å². The highest BCUT2D eigenvalue weighted by Crippen LogP contribution is 2.34. The number of hydrogen-bond donors (Lipinski definition) is 1. The van der Waals surface area contributed by atoms with Crippen LogP contribution in [0.2, 0.25) is 0 Å². The van der Waals surface area contributed by atoms with E-state index in [1.54, 1.807) is 13.0 Å². The molecule has 1 unspecified atom stereocenters. The molecular formula is C24H30FN5O2. The number of nitrogens with zero attached hydrogens (tertiary/aromatic N) is 4. The molecule has 170 valence electrons. The number of nitrogens with one attached hydrogen (secondary N) is 1. The van der Waals surface area contributed by atoms with Crippen LogP contribution in [-0.4, -0.2) is 53.5 Å². The molecule has 0 radical (unpaired) electrons. The molecule has 1 N–H and O–H groups in total. The van der Waals surface area contributed by atoms with Crippen molar-refractivity contribution in [3.8, 4) is 11.5 Å². The molecule has 0 amide bonds. The van der Waals surface area contributed by atoms with Crippen LogP contribution in [0.15, 0.2) is 22.7 Å². The fourth-order valence-corrected chi connectivity index (χ4v) is 4.77. The number of ether oxygens (including phenoxy) is 1. The van der Waals surface area contributed by atoms with Gasteiger partial charge in [0.05, 0.1) is 12.2 Å². The average molecular weight is 440 g/mol. The molecule has 1 atom stereocenters. The highest BCUT2D eigenvalue weighted by atomic mass is 19.1. The quantitative estimate of drug-likeness (QED) is 0.643. The molecule has 7 nitrogen and oxygen atoms in total. The minimum Gasteiger partial charge on any atom is -0.380 e. The Bertz CT molecular complexity index is 1090. The lowest BCUT2D eigenvalue weighted by Crippen LogP contribution is -2.48. The molecule has 5 rings (SSSR count). The Hall–Kier alpha value is -2.58. The number of fused-ring (bicyclic) bond motifs is 1. The summed E-state index contributed by atoms with van der Waals surface area (Å²) in [5, 5.41) is 8.47. The molecule has 0 saturated carbocycles. The number of rotatable bonds is 5. The molecule has 8 heteroatoms. The Balaban J connectivity index is 1.44. The summed E-state index contributed by atoms with van der Waals surface area (Å²) in [6.07, 6.45) is 5.05. The Morgan fingerprint density at radius 3 is 2.66 bits per heavy atom. The van der Waals surface area contributed by atoms with Crippen molar-refractivity contribution in [2.75, 3.05) is 31.2 Å². The second-order valence-electron chi connectivity index (χ2n) is 8.85. The first-order valence-electron chi connectivity index (χ1n) is 11.6. The van der Waals surface area contributed by atoms with Gasteiger partial charge in [0.25, 0.3) is 5.89 Å². The van der Waals surface area contributed by atoms with E-state index in [1.807, 2.05) is 19.1 Å². The largest absolute Gasteiger partial charge is 0.380 e. The average Bonchev–Trinajstić information content (AvgIpc) is 3.25. The number of aryl methyl sites for hydroxylation is 2. The van der Waals surface area contributed by atoms with Crippen LogP contribution in [0.3, 0.4) is 0 Å². The van der Waals surface area contributed by atoms with Gasteiger partial charge in [-0.25, -0.2) is 9.37 Å². The van der Waals surface area contributed by atoms with Gasteiger partial charge in [0.1, 0.15) is 17.2 Å². The van der Waals surface area contributed by atoms with Gasteiger partial charge in [-0.1, -0.05) is 12.1 Å². The van der Waals surface area contributed by atoms with Crippen molar-refractivity contribution in [2.24, 2.45) is 0 Å². The van der Waals surface area contributed by atoms with Crippen molar-refractivity contribution < 1.29 is 13.7 Å². The SMILES string of the molecule is CCc1cc(F)c2nc(N3CCC(NC4CCCOC4)CC3)c(-c3nc(C)no3)cc2c1. The zero-order chi connectivity index (χ0) is 22.1. The third-order valence-corrected chi connectivity index (χ3v) is 6.50. The van der Waals surface area contributed by atoms with Crippen LogP contribution in [0, 0.1) is 12.7 Å². The number of hydrogen-bond acceptors (Lipinski definition) is 7. The molecule has 2 fully saturated rings. The van der Waals surface area contributed by atoms with Crippen molar-refractivity contribution in [3.05, 3.63) is 35.4 Å². The van der Waals surface area contributed by atoms with Gasteiger partial charge in [0, 0.05) is 37.2 Å². The van der Waals surface area contributed by atoms with Crippen LogP contribution in [0.1, 0.15) is 44.0 Å². The second kappa shape index (κ2) is 9.11. The summed E-state index contributed by atoms with van der Waals surface area (Å²) in [4.78, 5) is 11.4. The van der Waals surface area contributed by atoms with Crippen LogP contribution in [0.25, 0.3) is 22.4 Å². The van der Waals surface area contributed by atoms with Crippen LogP contribution < -0.4 is 10.2 Å². The molecule has 2 aliphatic heterocycles. The van der Waals surface area contributed by atoms with E-state index in [-0.39, 0.29) is 5.82 Å². The summed E-state index contributed by atoms with van der Waals surface area (Å²) in [5.41, 5.74) is 2.09. The maximum absolute atomic E-state index is 14.9. The molecule has 0 aliphatic carbocycles. The number of pyridine rings is 1. The number of benzene rings is 1. The summed E-state index contributed by atoms with van der Waals surface area (Å²) < 4.78 is 26.0. The molecule has 0 bridgehead atoms. The van der Waals surface area contributed by atoms with E-state index in [4.69, 9.17) is 14.2 Å². The van der Waals surface area contributed by atoms with Gasteiger partial charge in [0.2, 0.25) is 0 Å². The maximum atomic E-state index is 14.9. The zero-order valence-electron chi connectivity index (χ0n) is 18.7. The lowest BCUT2D eigenvalue weighted by molar-refractivity contribution is 0.0650. The number of anilines is 1. The van der Waals surface area contributed by atoms with Gasteiger partial charge < -0.3 is 19.5 Å². The van der Waals surface area contributed by atoms with Gasteiger partial charge in [-0.15, -0.1) is 0 Å². The third kappa shape index (κ3) is 4.34. The van der Waals surface area contributed by atoms with E-state index < -0.39 is 0 Å². The van der Waals surface area contributed by atoms with Crippen LogP contribution >= 0.6 is 0 Å². The van der Waals surface area contributed by atoms with Crippen LogP contribution in [-0.2, 0) is 11.2 Å². The molecule has 32 heavy (non-hydrogen) atoms. The second-order valence-corrected chi connectivity index (χ2v) is 8.85. The number of halogens is 1. The van der Waals surface area contributed by atoms with E-state index >= 15 is 0 Å². The lowest BCUT2D eigenvalue weighted by Gasteiger charge is -2.36. The highest BCUT2D eigenvalue weighted by Gasteiger charge is 2.27. The van der Waals surface area contributed by atoms with Crippen molar-refractivity contribution >= 4 is 16.7 Å². The normalized spacial score (nSPS) is 20.2. The first-order valence-corrected chi connectivity index (χ1v) is 11.6. The van der Waals surface area contributed by atoms with Gasteiger partial charge in [-0.05, 0) is 62.8 Å². The molecule has 2 saturated heterocycles. The smallest absolute Gasteiger partial charge is 0.261 e. The summed E-state index contributed by atoms with van der Waals surface area (Å²) in [6, 6.07) is 6.41. The topological polar surface area (TPSA) is 76.3 Å². The first-order chi connectivity index (χ1) is 15.6. The molecule has 0 spiro atoms. The predicted octanol–water partition coefficient (Wildman–Crippen LogP) is 4.03. The number of aromatic nitrogens is 3. The van der Waals surface area contributed by atoms with Gasteiger partial charge in [0.15, 0.2) is 5.82 Å². The summed E-state index contributed by atoms with van der Waals surface area (Å²) in [5.74, 6) is 1.41. The van der Waals surface area contributed by atoms with E-state index in [9.17, 15) is 4.39 Å². The standard InChI is InChI=1S/C24H30FN5O2/c1-3-16-11-17-13-20(24-26-15(2)29-32-24)23(28-22(17)21(25)12-16)30-8-6-18(7-9-30)27-19-5-4-10-31-14-19/h11-13,18-19,27H,3-10,14H2,1-2H3. The van der Waals surface area contributed by atoms with Gasteiger partial charge in [-0.2, -0.15) is 4.98 Å². The van der Waals surface area contributed by atoms with E-state index in [2.05, 4.69) is 20.4 Å². The lowest BCUT2D eigenvalue weighted by atomic mass is 10.0. The van der Waals surface area contributed by atoms with E-state index in [0.717, 1.165) is 68.5 Å². The third-order valence-electron chi connectivity index (χ3n) is 6.50. The Labute approximate surface area is 187 Å². The van der Waals surface area contributed by atoms with E-state index in [1.165, 1.54) is 6.42 Å². The summed E-state index contributed by atoms with van der Waals surface area (Å²) in [7, 11) is 0. The fraction of sp³-hybridized carbons (Fsp3) is 0.542. The van der Waals surface area contributed by atoms with Crippen molar-refractivity contribution in [3.63, 3.8) is 0 Å². The molecular weight excluding hydrogens is 409 g/mol. The predicted molar refractivity (Wildman–Crippen MR) is 121 cm³/mol. The Kier molecular flexibility index (Phi) is 6.06. The zero-order valence-corrected chi connectivity index (χ0v) is 18.7. The molecule has 4 heterocycles. The summed E-state index contributed by atoms with van der Waals surface area (Å²) in [6.45, 7) is 7.14.